The molecule has 1 aromatic carbocycles. The maximum Gasteiger partial charge on any atom is 0.250 e. The number of hydrogen-bond donors (Lipinski definition) is 3. The average molecular weight is 256 g/mol. The van der Waals surface area contributed by atoms with Crippen molar-refractivity contribution in [3.8, 4) is 0 Å². The monoisotopic (exact) mass is 256 g/mol. The molecule has 0 saturated carbocycles. The van der Waals surface area contributed by atoms with E-state index in [1.807, 2.05) is 25.1 Å². The molecule has 0 fully saturated rings. The first-order valence-corrected chi connectivity index (χ1v) is 5.94. The fourth-order valence-corrected chi connectivity index (χ4v) is 1.84. The van der Waals surface area contributed by atoms with Gasteiger partial charge in [0.1, 0.15) is 0 Å². The van der Waals surface area contributed by atoms with Gasteiger partial charge in [0.05, 0.1) is 17.3 Å². The molecule has 1 aromatic heterocycles. The molecule has 1 amide bonds. The average Bonchev–Trinajstić information content (AvgIpc) is 2.39. The van der Waals surface area contributed by atoms with Crippen LogP contribution in [0.3, 0.4) is 0 Å². The molecule has 5 N–H and O–H groups in total. The van der Waals surface area contributed by atoms with Gasteiger partial charge in [-0.05, 0) is 37.3 Å². The minimum Gasteiger partial charge on any atom is -0.399 e. The third-order valence-corrected chi connectivity index (χ3v) is 2.81. The van der Waals surface area contributed by atoms with Gasteiger partial charge in [-0.2, -0.15) is 0 Å². The molecule has 0 spiro atoms. The predicted molar refractivity (Wildman–Crippen MR) is 75.6 cm³/mol. The Morgan fingerprint density at radius 1 is 1.32 bits per heavy atom. The Labute approximate surface area is 111 Å². The molecule has 1 atom stereocenters. The first-order chi connectivity index (χ1) is 9.08. The standard InChI is InChI=1S/C14H16N4O/c1-9(12-4-2-3-7-17-12)18-13-8-10(15)5-6-11(13)14(16)19/h2-9,18H,15H2,1H3,(H2,16,19). The van der Waals surface area contributed by atoms with Gasteiger partial charge in [0.25, 0.3) is 5.91 Å². The maximum atomic E-state index is 11.4. The molecule has 0 radical (unpaired) electrons. The molecular weight excluding hydrogens is 240 g/mol. The summed E-state index contributed by atoms with van der Waals surface area (Å²) in [6.45, 7) is 1.95. The van der Waals surface area contributed by atoms with E-state index < -0.39 is 5.91 Å². The Hall–Kier alpha value is -2.56. The number of pyridine rings is 1. The van der Waals surface area contributed by atoms with E-state index in [-0.39, 0.29) is 6.04 Å². The number of nitrogens with one attached hydrogen (secondary N) is 1. The van der Waals surface area contributed by atoms with Gasteiger partial charge in [0.15, 0.2) is 0 Å². The zero-order chi connectivity index (χ0) is 13.8. The Kier molecular flexibility index (Phi) is 3.66. The largest absolute Gasteiger partial charge is 0.399 e. The number of primary amides is 1. The fourth-order valence-electron chi connectivity index (χ4n) is 1.84. The highest BCUT2D eigenvalue weighted by Gasteiger charge is 2.12. The molecule has 0 bridgehead atoms. The van der Waals surface area contributed by atoms with Gasteiger partial charge in [0.2, 0.25) is 0 Å². The molecule has 1 unspecified atom stereocenters. The third-order valence-electron chi connectivity index (χ3n) is 2.81. The molecule has 1 heterocycles. The molecule has 0 saturated heterocycles. The second-order valence-corrected chi connectivity index (χ2v) is 4.29. The van der Waals surface area contributed by atoms with Gasteiger partial charge in [-0.3, -0.25) is 9.78 Å². The van der Waals surface area contributed by atoms with Gasteiger partial charge in [-0.1, -0.05) is 6.07 Å². The Balaban J connectivity index is 2.28. The lowest BCUT2D eigenvalue weighted by molar-refractivity contribution is 0.100. The lowest BCUT2D eigenvalue weighted by atomic mass is 10.1. The lowest BCUT2D eigenvalue weighted by Crippen LogP contribution is -2.16. The van der Waals surface area contributed by atoms with E-state index in [0.717, 1.165) is 5.69 Å². The number of amides is 1. The van der Waals surface area contributed by atoms with Gasteiger partial charge in [-0.25, -0.2) is 0 Å². The highest BCUT2D eigenvalue weighted by molar-refractivity contribution is 5.99. The number of hydrogen-bond acceptors (Lipinski definition) is 4. The Bertz CT molecular complexity index is 583. The topological polar surface area (TPSA) is 94.0 Å². The molecule has 2 rings (SSSR count). The summed E-state index contributed by atoms with van der Waals surface area (Å²) in [4.78, 5) is 15.6. The van der Waals surface area contributed by atoms with E-state index in [0.29, 0.717) is 16.9 Å². The van der Waals surface area contributed by atoms with Crippen LogP contribution in [0.15, 0.2) is 42.6 Å². The molecule has 19 heavy (non-hydrogen) atoms. The Morgan fingerprint density at radius 3 is 2.74 bits per heavy atom. The summed E-state index contributed by atoms with van der Waals surface area (Å²) in [7, 11) is 0. The van der Waals surface area contributed by atoms with Crippen LogP contribution in [-0.4, -0.2) is 10.9 Å². The highest BCUT2D eigenvalue weighted by atomic mass is 16.1. The first kappa shape index (κ1) is 12.9. The highest BCUT2D eigenvalue weighted by Crippen LogP contribution is 2.23. The van der Waals surface area contributed by atoms with Crippen molar-refractivity contribution >= 4 is 17.3 Å². The van der Waals surface area contributed by atoms with Crippen molar-refractivity contribution in [2.75, 3.05) is 11.1 Å². The molecule has 0 aliphatic rings. The number of nitrogens with zero attached hydrogens (tertiary/aromatic N) is 1. The predicted octanol–water partition coefficient (Wildman–Crippen LogP) is 1.94. The minimum absolute atomic E-state index is 0.0545. The molecule has 5 heteroatoms. The number of rotatable bonds is 4. The van der Waals surface area contributed by atoms with Crippen molar-refractivity contribution in [3.05, 3.63) is 53.9 Å². The third kappa shape index (κ3) is 3.01. The quantitative estimate of drug-likeness (QED) is 0.728. The molecule has 0 aliphatic carbocycles. The number of aromatic nitrogens is 1. The van der Waals surface area contributed by atoms with Crippen molar-refractivity contribution in [2.45, 2.75) is 13.0 Å². The van der Waals surface area contributed by atoms with E-state index in [2.05, 4.69) is 10.3 Å². The van der Waals surface area contributed by atoms with E-state index in [1.54, 1.807) is 24.4 Å². The smallest absolute Gasteiger partial charge is 0.250 e. The van der Waals surface area contributed by atoms with Crippen LogP contribution < -0.4 is 16.8 Å². The summed E-state index contributed by atoms with van der Waals surface area (Å²) in [6, 6.07) is 10.6. The summed E-state index contributed by atoms with van der Waals surface area (Å²) in [5.74, 6) is -0.490. The number of nitrogens with two attached hydrogens (primary N) is 2. The van der Waals surface area contributed by atoms with Crippen molar-refractivity contribution < 1.29 is 4.79 Å². The van der Waals surface area contributed by atoms with Crippen LogP contribution in [0.4, 0.5) is 11.4 Å². The van der Waals surface area contributed by atoms with Gasteiger partial charge in [0, 0.05) is 17.6 Å². The summed E-state index contributed by atoms with van der Waals surface area (Å²) >= 11 is 0. The number of nitrogen functional groups attached to an aromatic ring is 1. The second-order valence-electron chi connectivity index (χ2n) is 4.29. The van der Waals surface area contributed by atoms with E-state index in [9.17, 15) is 4.79 Å². The molecule has 98 valence electrons. The van der Waals surface area contributed by atoms with Crippen LogP contribution in [-0.2, 0) is 0 Å². The summed E-state index contributed by atoms with van der Waals surface area (Å²) in [5, 5.41) is 3.21. The van der Waals surface area contributed by atoms with Crippen molar-refractivity contribution in [2.24, 2.45) is 5.73 Å². The van der Waals surface area contributed by atoms with Gasteiger partial charge < -0.3 is 16.8 Å². The second kappa shape index (κ2) is 5.39. The lowest BCUT2D eigenvalue weighted by Gasteiger charge is -2.17. The van der Waals surface area contributed by atoms with Gasteiger partial charge in [-0.15, -0.1) is 0 Å². The van der Waals surface area contributed by atoms with Crippen molar-refractivity contribution in [1.82, 2.24) is 4.98 Å². The van der Waals surface area contributed by atoms with Crippen LogP contribution in [0.25, 0.3) is 0 Å². The molecular formula is C14H16N4O. The van der Waals surface area contributed by atoms with Gasteiger partial charge >= 0.3 is 0 Å². The number of carbonyl (C=O) groups is 1. The SMILES string of the molecule is CC(Nc1cc(N)ccc1C(N)=O)c1ccccn1. The van der Waals surface area contributed by atoms with E-state index in [4.69, 9.17) is 11.5 Å². The van der Waals surface area contributed by atoms with Crippen LogP contribution in [0.2, 0.25) is 0 Å². The summed E-state index contributed by atoms with van der Waals surface area (Å²) < 4.78 is 0. The van der Waals surface area contributed by atoms with Crippen LogP contribution in [0.5, 0.6) is 0 Å². The summed E-state index contributed by atoms with van der Waals surface area (Å²) in [5.41, 5.74) is 13.6. The maximum absolute atomic E-state index is 11.4. The number of anilines is 2. The van der Waals surface area contributed by atoms with Crippen LogP contribution in [0.1, 0.15) is 29.0 Å². The molecule has 5 nitrogen and oxygen atoms in total. The zero-order valence-corrected chi connectivity index (χ0v) is 10.6. The van der Waals surface area contributed by atoms with Crippen LogP contribution in [0, 0.1) is 0 Å². The van der Waals surface area contributed by atoms with E-state index >= 15 is 0 Å². The number of carbonyl (C=O) groups excluding carboxylic acids is 1. The van der Waals surface area contributed by atoms with E-state index in [1.165, 1.54) is 0 Å². The summed E-state index contributed by atoms with van der Waals surface area (Å²) in [6.07, 6.45) is 1.72. The molecule has 2 aromatic rings. The normalized spacial score (nSPS) is 11.8. The first-order valence-electron chi connectivity index (χ1n) is 5.94. The Morgan fingerprint density at radius 2 is 2.11 bits per heavy atom. The minimum atomic E-state index is -0.490. The van der Waals surface area contributed by atoms with Crippen molar-refractivity contribution in [1.29, 1.82) is 0 Å². The fraction of sp³-hybridized carbons (Fsp3) is 0.143. The zero-order valence-electron chi connectivity index (χ0n) is 10.6. The number of benzene rings is 1. The van der Waals surface area contributed by atoms with Crippen LogP contribution >= 0.6 is 0 Å². The van der Waals surface area contributed by atoms with Crippen molar-refractivity contribution in [3.63, 3.8) is 0 Å². The molecule has 0 aliphatic heterocycles.